The van der Waals surface area contributed by atoms with E-state index in [1.807, 2.05) is 55.5 Å². The number of carbonyl (C=O) groups excluding carboxylic acids is 2. The van der Waals surface area contributed by atoms with Crippen LogP contribution in [0, 0.1) is 5.92 Å². The van der Waals surface area contributed by atoms with Gasteiger partial charge in [0.25, 0.3) is 0 Å². The number of ether oxygens (including phenoxy) is 3. The van der Waals surface area contributed by atoms with Gasteiger partial charge in [-0.3, -0.25) is 0 Å². The number of rotatable bonds is 5. The van der Waals surface area contributed by atoms with E-state index in [1.165, 1.54) is 5.56 Å². The maximum Gasteiger partial charge on any atom is 0.408 e. The lowest BCUT2D eigenvalue weighted by Gasteiger charge is -2.24. The van der Waals surface area contributed by atoms with Crippen LogP contribution in [-0.2, 0) is 32.0 Å². The molecule has 2 aromatic rings. The second-order valence-electron chi connectivity index (χ2n) is 7.21. The Morgan fingerprint density at radius 3 is 2.41 bits per heavy atom. The van der Waals surface area contributed by atoms with Crippen molar-refractivity contribution in [1.29, 1.82) is 0 Å². The molecule has 6 nitrogen and oxygen atoms in total. The van der Waals surface area contributed by atoms with Crippen LogP contribution in [0.15, 0.2) is 60.7 Å². The van der Waals surface area contributed by atoms with Crippen molar-refractivity contribution in [1.82, 2.24) is 5.32 Å². The van der Waals surface area contributed by atoms with E-state index in [2.05, 4.69) is 17.4 Å². The van der Waals surface area contributed by atoms with Crippen LogP contribution in [-0.4, -0.2) is 37.4 Å². The van der Waals surface area contributed by atoms with Gasteiger partial charge in [-0.1, -0.05) is 60.7 Å². The minimum Gasteiger partial charge on any atom is -0.461 e. The van der Waals surface area contributed by atoms with E-state index in [9.17, 15) is 9.59 Å². The van der Waals surface area contributed by atoms with Gasteiger partial charge in [-0.15, -0.1) is 0 Å². The van der Waals surface area contributed by atoms with Crippen molar-refractivity contribution in [2.45, 2.75) is 38.5 Å². The summed E-state index contributed by atoms with van der Waals surface area (Å²) < 4.78 is 16.5. The fourth-order valence-electron chi connectivity index (χ4n) is 3.29. The lowest BCUT2D eigenvalue weighted by Crippen LogP contribution is -2.46. The molecule has 29 heavy (non-hydrogen) atoms. The number of esters is 1. The first-order valence-corrected chi connectivity index (χ1v) is 9.91. The van der Waals surface area contributed by atoms with E-state index in [0.717, 1.165) is 18.4 Å². The predicted molar refractivity (Wildman–Crippen MR) is 108 cm³/mol. The maximum atomic E-state index is 12.6. The summed E-state index contributed by atoms with van der Waals surface area (Å²) in [6.45, 7) is 2.58. The van der Waals surface area contributed by atoms with Crippen LogP contribution < -0.4 is 5.32 Å². The normalized spacial score (nSPS) is 22.5. The Kier molecular flexibility index (Phi) is 7.64. The van der Waals surface area contributed by atoms with Gasteiger partial charge < -0.3 is 19.5 Å². The Hall–Kier alpha value is -2.86. The second-order valence-corrected chi connectivity index (χ2v) is 7.21. The van der Waals surface area contributed by atoms with Crippen molar-refractivity contribution in [3.8, 4) is 0 Å². The van der Waals surface area contributed by atoms with Gasteiger partial charge in [-0.2, -0.15) is 0 Å². The third-order valence-corrected chi connectivity index (χ3v) is 5.01. The van der Waals surface area contributed by atoms with Crippen molar-refractivity contribution in [3.05, 3.63) is 71.8 Å². The van der Waals surface area contributed by atoms with E-state index in [0.29, 0.717) is 6.61 Å². The number of amides is 1. The fraction of sp³-hybridized carbons (Fsp3) is 0.391. The van der Waals surface area contributed by atoms with E-state index in [1.54, 1.807) is 0 Å². The number of alkyl carbamates (subject to hydrolysis) is 1. The summed E-state index contributed by atoms with van der Waals surface area (Å²) in [5, 5.41) is 2.56. The highest BCUT2D eigenvalue weighted by atomic mass is 16.6. The van der Waals surface area contributed by atoms with Crippen LogP contribution >= 0.6 is 0 Å². The van der Waals surface area contributed by atoms with Crippen LogP contribution in [0.25, 0.3) is 0 Å². The summed E-state index contributed by atoms with van der Waals surface area (Å²) in [4.78, 5) is 24.7. The number of hydrogen-bond donors (Lipinski definition) is 1. The zero-order valence-electron chi connectivity index (χ0n) is 16.6. The highest BCUT2D eigenvalue weighted by Crippen LogP contribution is 2.21. The first kappa shape index (κ1) is 20.9. The summed E-state index contributed by atoms with van der Waals surface area (Å²) in [6, 6.07) is 18.6. The molecule has 0 radical (unpaired) electrons. The number of carbonyl (C=O) groups is 2. The molecule has 154 valence electrons. The van der Waals surface area contributed by atoms with Gasteiger partial charge in [-0.25, -0.2) is 9.59 Å². The Morgan fingerprint density at radius 1 is 1.07 bits per heavy atom. The molecule has 1 fully saturated rings. The molecule has 1 amide bonds. The minimum atomic E-state index is -0.892. The van der Waals surface area contributed by atoms with E-state index in [-0.39, 0.29) is 25.2 Å². The van der Waals surface area contributed by atoms with Crippen LogP contribution in [0.4, 0.5) is 4.79 Å². The molecular weight excluding hydrogens is 370 g/mol. The minimum absolute atomic E-state index is 0.0596. The van der Waals surface area contributed by atoms with Crippen molar-refractivity contribution in [2.24, 2.45) is 5.92 Å². The second kappa shape index (κ2) is 10.6. The molecule has 0 aliphatic carbocycles. The summed E-state index contributed by atoms with van der Waals surface area (Å²) in [6.07, 6.45) is 0.617. The molecule has 1 N–H and O–H groups in total. The Morgan fingerprint density at radius 2 is 1.72 bits per heavy atom. The standard InChI is InChI=1S/C23H27NO5/c1-17-20(14-18-8-4-2-5-9-18)12-13-27-16-21(22(25)29-17)24-23(26)28-15-19-10-6-3-7-11-19/h2-11,17,20-21H,12-16H2,1H3,(H,24,26)/t17-,20-,21-/m0/s1. The van der Waals surface area contributed by atoms with Crippen molar-refractivity contribution in [3.63, 3.8) is 0 Å². The summed E-state index contributed by atoms with van der Waals surface area (Å²) in [7, 11) is 0. The number of nitrogens with one attached hydrogen (secondary N) is 1. The number of cyclic esters (lactones) is 1. The molecule has 0 saturated carbocycles. The van der Waals surface area contributed by atoms with Gasteiger partial charge in [0.1, 0.15) is 12.7 Å². The van der Waals surface area contributed by atoms with Crippen LogP contribution in [0.2, 0.25) is 0 Å². The molecule has 2 aromatic carbocycles. The fourth-order valence-corrected chi connectivity index (χ4v) is 3.29. The zero-order chi connectivity index (χ0) is 20.5. The average molecular weight is 397 g/mol. The molecule has 1 aliphatic rings. The molecular formula is C23H27NO5. The Labute approximate surface area is 171 Å². The highest BCUT2D eigenvalue weighted by molar-refractivity contribution is 5.81. The van der Waals surface area contributed by atoms with Crippen molar-refractivity contribution < 1.29 is 23.8 Å². The Balaban J connectivity index is 1.53. The smallest absolute Gasteiger partial charge is 0.408 e. The summed E-state index contributed by atoms with van der Waals surface area (Å²) in [5.41, 5.74) is 2.06. The molecule has 6 heteroatoms. The van der Waals surface area contributed by atoms with E-state index >= 15 is 0 Å². The molecule has 0 spiro atoms. The molecule has 1 heterocycles. The molecule has 0 aromatic heterocycles. The predicted octanol–water partition coefficient (Wildman–Crippen LogP) is 3.49. The van der Waals surface area contributed by atoms with Crippen LogP contribution in [0.1, 0.15) is 24.5 Å². The maximum absolute atomic E-state index is 12.6. The van der Waals surface area contributed by atoms with E-state index in [4.69, 9.17) is 14.2 Å². The quantitative estimate of drug-likeness (QED) is 0.782. The van der Waals surface area contributed by atoms with Crippen molar-refractivity contribution in [2.75, 3.05) is 13.2 Å². The van der Waals surface area contributed by atoms with Gasteiger partial charge in [-0.05, 0) is 30.9 Å². The van der Waals surface area contributed by atoms with Crippen LogP contribution in [0.5, 0.6) is 0 Å². The molecule has 0 bridgehead atoms. The summed E-state index contributed by atoms with van der Waals surface area (Å²) >= 11 is 0. The Bertz CT molecular complexity index is 780. The van der Waals surface area contributed by atoms with E-state index < -0.39 is 18.1 Å². The van der Waals surface area contributed by atoms with Gasteiger partial charge in [0.2, 0.25) is 0 Å². The number of benzene rings is 2. The van der Waals surface area contributed by atoms with Crippen LogP contribution in [0.3, 0.4) is 0 Å². The highest BCUT2D eigenvalue weighted by Gasteiger charge is 2.30. The lowest BCUT2D eigenvalue weighted by molar-refractivity contribution is -0.153. The van der Waals surface area contributed by atoms with Gasteiger partial charge in [0, 0.05) is 12.5 Å². The van der Waals surface area contributed by atoms with Gasteiger partial charge in [0.15, 0.2) is 6.04 Å². The molecule has 0 unspecified atom stereocenters. The third kappa shape index (κ3) is 6.61. The first-order chi connectivity index (χ1) is 14.1. The molecule has 1 aliphatic heterocycles. The third-order valence-electron chi connectivity index (χ3n) is 5.01. The van der Waals surface area contributed by atoms with Crippen molar-refractivity contribution >= 4 is 12.1 Å². The molecule has 1 saturated heterocycles. The number of hydrogen-bond acceptors (Lipinski definition) is 5. The van der Waals surface area contributed by atoms with Gasteiger partial charge in [0.05, 0.1) is 6.61 Å². The monoisotopic (exact) mass is 397 g/mol. The molecule has 3 atom stereocenters. The first-order valence-electron chi connectivity index (χ1n) is 9.91. The largest absolute Gasteiger partial charge is 0.461 e. The van der Waals surface area contributed by atoms with Gasteiger partial charge >= 0.3 is 12.1 Å². The zero-order valence-corrected chi connectivity index (χ0v) is 16.6. The average Bonchev–Trinajstić information content (AvgIpc) is 2.80. The summed E-state index contributed by atoms with van der Waals surface area (Å²) in [5.74, 6) is -0.362. The topological polar surface area (TPSA) is 73.9 Å². The SMILES string of the molecule is C[C@@H]1OC(=O)[C@@H](NC(=O)OCc2ccccc2)COCC[C@H]1Cc1ccccc1. The molecule has 3 rings (SSSR count). The lowest BCUT2D eigenvalue weighted by atomic mass is 9.92.